The van der Waals surface area contributed by atoms with Crippen LogP contribution < -0.4 is 0 Å². The number of rotatable bonds is 1. The Kier molecular flexibility index (Phi) is 3.03. The molecule has 0 aliphatic rings. The van der Waals surface area contributed by atoms with Crippen LogP contribution in [0.25, 0.3) is 0 Å². The molecule has 0 amide bonds. The highest BCUT2D eigenvalue weighted by Gasteiger charge is 2.00. The van der Waals surface area contributed by atoms with Crippen molar-refractivity contribution in [2.75, 3.05) is 0 Å². The molecule has 54 valence electrons. The van der Waals surface area contributed by atoms with Crippen molar-refractivity contribution in [3.05, 3.63) is 27.3 Å². The first-order chi connectivity index (χ1) is 4.74. The average molecular weight is 316 g/mol. The molecule has 1 heterocycles. The summed E-state index contributed by atoms with van der Waals surface area (Å²) in [4.78, 5) is 3.87. The molecule has 1 rings (SSSR count). The molecule has 1 aromatic heterocycles. The zero-order chi connectivity index (χ0) is 7.56. The molecule has 0 spiro atoms. The minimum absolute atomic E-state index is 0.247. The molecule has 0 aromatic carbocycles. The van der Waals surface area contributed by atoms with Gasteiger partial charge in [-0.1, -0.05) is 15.9 Å². The Morgan fingerprint density at radius 1 is 1.70 bits per heavy atom. The van der Waals surface area contributed by atoms with Crippen LogP contribution in [0.15, 0.2) is 12.3 Å². The quantitative estimate of drug-likeness (QED) is 0.573. The Hall–Kier alpha value is 0.290. The van der Waals surface area contributed by atoms with Crippen LogP contribution in [0.3, 0.4) is 0 Å². The third-order valence-electron chi connectivity index (χ3n) is 1.01. The monoisotopic (exact) mass is 315 g/mol. The topological polar surface area (TPSA) is 12.9 Å². The van der Waals surface area contributed by atoms with Crippen LogP contribution >= 0.6 is 38.5 Å². The van der Waals surface area contributed by atoms with E-state index in [9.17, 15) is 4.39 Å². The van der Waals surface area contributed by atoms with Crippen LogP contribution in [-0.2, 0) is 5.33 Å². The van der Waals surface area contributed by atoms with E-state index in [1.54, 1.807) is 6.20 Å². The number of nitrogens with zero attached hydrogens (tertiary/aromatic N) is 1. The highest BCUT2D eigenvalue weighted by molar-refractivity contribution is 14.1. The predicted octanol–water partition coefficient (Wildman–Crippen LogP) is 2.72. The molecule has 4 heteroatoms. The first kappa shape index (κ1) is 8.39. The van der Waals surface area contributed by atoms with Gasteiger partial charge in [-0.05, 0) is 28.7 Å². The zero-order valence-electron chi connectivity index (χ0n) is 4.94. The molecule has 1 nitrogen and oxygen atoms in total. The zero-order valence-corrected chi connectivity index (χ0v) is 8.69. The van der Waals surface area contributed by atoms with Crippen LogP contribution in [0.5, 0.6) is 0 Å². The maximum atomic E-state index is 12.8. The van der Waals surface area contributed by atoms with Crippen LogP contribution in [0, 0.1) is 9.39 Å². The SMILES string of the molecule is Fc1cc(I)cnc1CBr. The van der Waals surface area contributed by atoms with Crippen LogP contribution in [0.2, 0.25) is 0 Å². The van der Waals surface area contributed by atoms with E-state index in [1.807, 2.05) is 22.6 Å². The Bertz CT molecular complexity index is 241. The molecular formula is C6H4BrFIN. The molecule has 1 aromatic rings. The van der Waals surface area contributed by atoms with Crippen molar-refractivity contribution in [1.29, 1.82) is 0 Å². The summed E-state index contributed by atoms with van der Waals surface area (Å²) in [5.74, 6) is -0.247. The molecule has 0 atom stereocenters. The van der Waals surface area contributed by atoms with E-state index < -0.39 is 0 Å². The first-order valence-electron chi connectivity index (χ1n) is 2.60. The lowest BCUT2D eigenvalue weighted by Crippen LogP contribution is -1.90. The van der Waals surface area contributed by atoms with Crippen molar-refractivity contribution in [3.63, 3.8) is 0 Å². The maximum absolute atomic E-state index is 12.8. The summed E-state index contributed by atoms with van der Waals surface area (Å²) in [5.41, 5.74) is 0.459. The molecule has 0 radical (unpaired) electrons. The summed E-state index contributed by atoms with van der Waals surface area (Å²) in [6.07, 6.45) is 1.64. The normalized spacial score (nSPS) is 9.90. The third-order valence-corrected chi connectivity index (χ3v) is 2.13. The summed E-state index contributed by atoms with van der Waals surface area (Å²) in [6.45, 7) is 0. The first-order valence-corrected chi connectivity index (χ1v) is 4.80. The lowest BCUT2D eigenvalue weighted by atomic mass is 10.4. The largest absolute Gasteiger partial charge is 0.256 e. The standard InChI is InChI=1S/C6H4BrFIN/c7-2-6-5(8)1-4(9)3-10-6/h1,3H,2H2. The lowest BCUT2D eigenvalue weighted by molar-refractivity contribution is 0.607. The van der Waals surface area contributed by atoms with Gasteiger partial charge in [0.1, 0.15) is 5.82 Å². The predicted molar refractivity (Wildman–Crippen MR) is 49.5 cm³/mol. The number of aromatic nitrogens is 1. The smallest absolute Gasteiger partial charge is 0.146 e. The van der Waals surface area contributed by atoms with Gasteiger partial charge in [-0.15, -0.1) is 0 Å². The van der Waals surface area contributed by atoms with Crippen molar-refractivity contribution in [2.45, 2.75) is 5.33 Å². The number of alkyl halides is 1. The second-order valence-corrected chi connectivity index (χ2v) is 3.52. The molecule has 0 aliphatic heterocycles. The minimum atomic E-state index is -0.247. The van der Waals surface area contributed by atoms with Crippen molar-refractivity contribution in [3.8, 4) is 0 Å². The molecule has 0 unspecified atom stereocenters. The van der Waals surface area contributed by atoms with Crippen LogP contribution in [0.4, 0.5) is 4.39 Å². The van der Waals surface area contributed by atoms with Gasteiger partial charge < -0.3 is 0 Å². The molecule has 0 bridgehead atoms. The Balaban J connectivity index is 3.07. The van der Waals surface area contributed by atoms with E-state index in [4.69, 9.17) is 0 Å². The van der Waals surface area contributed by atoms with E-state index in [0.717, 1.165) is 3.57 Å². The number of halogens is 3. The fourth-order valence-electron chi connectivity index (χ4n) is 0.541. The molecule has 0 saturated heterocycles. The van der Waals surface area contributed by atoms with Crippen molar-refractivity contribution in [2.24, 2.45) is 0 Å². The van der Waals surface area contributed by atoms with E-state index in [-0.39, 0.29) is 5.82 Å². The average Bonchev–Trinajstić information content (AvgIpc) is 1.88. The Morgan fingerprint density at radius 3 is 2.90 bits per heavy atom. The Labute approximate surface area is 80.3 Å². The fourth-order valence-corrected chi connectivity index (χ4v) is 1.37. The van der Waals surface area contributed by atoms with Crippen LogP contribution in [-0.4, -0.2) is 4.98 Å². The van der Waals surface area contributed by atoms with Gasteiger partial charge in [0, 0.05) is 15.1 Å². The third kappa shape index (κ3) is 1.88. The van der Waals surface area contributed by atoms with E-state index in [2.05, 4.69) is 20.9 Å². The number of hydrogen-bond acceptors (Lipinski definition) is 1. The van der Waals surface area contributed by atoms with Crippen LogP contribution in [0.1, 0.15) is 5.69 Å². The molecular weight excluding hydrogens is 312 g/mol. The number of pyridine rings is 1. The molecule has 0 saturated carbocycles. The van der Waals surface area contributed by atoms with Gasteiger partial charge in [0.15, 0.2) is 0 Å². The molecule has 0 aliphatic carbocycles. The molecule has 0 N–H and O–H groups in total. The van der Waals surface area contributed by atoms with Crippen molar-refractivity contribution < 1.29 is 4.39 Å². The van der Waals surface area contributed by atoms with Gasteiger partial charge in [0.25, 0.3) is 0 Å². The summed E-state index contributed by atoms with van der Waals surface area (Å²) < 4.78 is 13.6. The highest BCUT2D eigenvalue weighted by atomic mass is 127. The van der Waals surface area contributed by atoms with Gasteiger partial charge in [0.05, 0.1) is 5.69 Å². The summed E-state index contributed by atoms with van der Waals surface area (Å²) in [7, 11) is 0. The van der Waals surface area contributed by atoms with Crippen molar-refractivity contribution >= 4 is 38.5 Å². The summed E-state index contributed by atoms with van der Waals surface area (Å²) >= 11 is 5.15. The minimum Gasteiger partial charge on any atom is -0.256 e. The van der Waals surface area contributed by atoms with Gasteiger partial charge in [-0.3, -0.25) is 4.98 Å². The Morgan fingerprint density at radius 2 is 2.40 bits per heavy atom. The van der Waals surface area contributed by atoms with E-state index in [1.165, 1.54) is 6.07 Å². The highest BCUT2D eigenvalue weighted by Crippen LogP contribution is 2.11. The number of hydrogen-bond donors (Lipinski definition) is 0. The van der Waals surface area contributed by atoms with Gasteiger partial charge in [-0.2, -0.15) is 0 Å². The van der Waals surface area contributed by atoms with E-state index >= 15 is 0 Å². The second kappa shape index (κ2) is 3.61. The van der Waals surface area contributed by atoms with Gasteiger partial charge >= 0.3 is 0 Å². The lowest BCUT2D eigenvalue weighted by Gasteiger charge is -1.95. The maximum Gasteiger partial charge on any atom is 0.146 e. The summed E-state index contributed by atoms with van der Waals surface area (Å²) in [5, 5.41) is 0.468. The fraction of sp³-hybridized carbons (Fsp3) is 0.167. The second-order valence-electron chi connectivity index (χ2n) is 1.72. The summed E-state index contributed by atoms with van der Waals surface area (Å²) in [6, 6.07) is 1.46. The van der Waals surface area contributed by atoms with E-state index in [0.29, 0.717) is 11.0 Å². The van der Waals surface area contributed by atoms with Gasteiger partial charge in [0.2, 0.25) is 0 Å². The van der Waals surface area contributed by atoms with Gasteiger partial charge in [-0.25, -0.2) is 4.39 Å². The van der Waals surface area contributed by atoms with Crippen molar-refractivity contribution in [1.82, 2.24) is 4.98 Å². The molecule has 0 fully saturated rings. The molecule has 10 heavy (non-hydrogen) atoms.